The van der Waals surface area contributed by atoms with Crippen LogP contribution in [-0.2, 0) is 33.4 Å². The van der Waals surface area contributed by atoms with Gasteiger partial charge in [-0.25, -0.2) is 4.79 Å². The second kappa shape index (κ2) is 17.6. The van der Waals surface area contributed by atoms with Gasteiger partial charge in [-0.15, -0.1) is 0 Å². The monoisotopic (exact) mass is 574 g/mol. The van der Waals surface area contributed by atoms with E-state index in [4.69, 9.17) is 14.2 Å². The van der Waals surface area contributed by atoms with Gasteiger partial charge in [-0.3, -0.25) is 19.2 Å². The highest BCUT2D eigenvalue weighted by atomic mass is 33.1. The number of esters is 2. The molecule has 2 rings (SSSR count). The second-order valence-electron chi connectivity index (χ2n) is 9.65. The summed E-state index contributed by atoms with van der Waals surface area (Å²) >= 11 is 0. The molecule has 2 aliphatic rings. The molecular formula is C26H42N2O8S2. The van der Waals surface area contributed by atoms with Crippen molar-refractivity contribution in [3.05, 3.63) is 0 Å². The van der Waals surface area contributed by atoms with Gasteiger partial charge in [-0.1, -0.05) is 47.8 Å². The van der Waals surface area contributed by atoms with Crippen molar-refractivity contribution >= 4 is 51.3 Å². The van der Waals surface area contributed by atoms with Crippen LogP contribution in [0.5, 0.6) is 0 Å². The third-order valence-electron chi connectivity index (χ3n) is 6.82. The molecule has 1 saturated carbocycles. The molecule has 12 heteroatoms. The summed E-state index contributed by atoms with van der Waals surface area (Å²) in [4.78, 5) is 62.1. The molecule has 0 spiro atoms. The Kier molecular flexibility index (Phi) is 14.9. The van der Waals surface area contributed by atoms with Gasteiger partial charge in [-0.2, -0.15) is 0 Å². The summed E-state index contributed by atoms with van der Waals surface area (Å²) in [6.45, 7) is 5.34. The Morgan fingerprint density at radius 1 is 0.947 bits per heavy atom. The fraction of sp³-hybridized carbons (Fsp3) is 0.808. The minimum Gasteiger partial charge on any atom is -0.466 e. The number of carbonyl (C=O) groups excluding carboxylic acids is 5. The number of likely N-dealkylation sites (tertiary alicyclic amines) is 1. The van der Waals surface area contributed by atoms with E-state index in [1.807, 2.05) is 6.92 Å². The average Bonchev–Trinajstić information content (AvgIpc) is 3.30. The number of hydrogen-bond acceptors (Lipinski definition) is 10. The van der Waals surface area contributed by atoms with Crippen molar-refractivity contribution in [1.29, 1.82) is 0 Å². The van der Waals surface area contributed by atoms with E-state index in [1.165, 1.54) is 21.6 Å². The van der Waals surface area contributed by atoms with E-state index >= 15 is 0 Å². The van der Waals surface area contributed by atoms with Crippen LogP contribution in [0, 0.1) is 5.41 Å². The predicted octanol–water partition coefficient (Wildman–Crippen LogP) is 3.90. The molecule has 38 heavy (non-hydrogen) atoms. The zero-order valence-corrected chi connectivity index (χ0v) is 24.3. The van der Waals surface area contributed by atoms with Crippen LogP contribution < -0.4 is 5.32 Å². The molecule has 1 heterocycles. The van der Waals surface area contributed by atoms with Crippen molar-refractivity contribution in [3.8, 4) is 0 Å². The number of alkyl carbamates (subject to hydrolysis) is 1. The molecule has 0 bridgehead atoms. The Labute approximate surface area is 233 Å². The Hall–Kier alpha value is -1.95. The molecule has 2 fully saturated rings. The zero-order valence-electron chi connectivity index (χ0n) is 22.6. The number of ether oxygens (including phenoxy) is 3. The van der Waals surface area contributed by atoms with Crippen molar-refractivity contribution in [3.63, 3.8) is 0 Å². The summed E-state index contributed by atoms with van der Waals surface area (Å²) in [5.74, 6) is -0.00492. The molecule has 216 valence electrons. The number of rotatable bonds is 17. The van der Waals surface area contributed by atoms with Gasteiger partial charge in [0.1, 0.15) is 19.6 Å². The van der Waals surface area contributed by atoms with Crippen LogP contribution in [0.15, 0.2) is 0 Å². The van der Waals surface area contributed by atoms with E-state index in [2.05, 4.69) is 5.32 Å². The van der Waals surface area contributed by atoms with E-state index in [0.29, 0.717) is 50.5 Å². The van der Waals surface area contributed by atoms with Gasteiger partial charge in [0, 0.05) is 31.0 Å². The van der Waals surface area contributed by atoms with Gasteiger partial charge in [-0.05, 0) is 38.0 Å². The van der Waals surface area contributed by atoms with Crippen LogP contribution in [0.1, 0.15) is 78.1 Å². The summed E-state index contributed by atoms with van der Waals surface area (Å²) in [5.41, 5.74) is -0.265. The van der Waals surface area contributed by atoms with E-state index in [0.717, 1.165) is 38.5 Å². The fourth-order valence-corrected chi connectivity index (χ4v) is 6.61. The zero-order chi connectivity index (χ0) is 27.8. The largest absolute Gasteiger partial charge is 0.466 e. The molecule has 0 unspecified atom stereocenters. The molecule has 1 aliphatic carbocycles. The van der Waals surface area contributed by atoms with Crippen molar-refractivity contribution in [2.45, 2.75) is 84.1 Å². The van der Waals surface area contributed by atoms with E-state index in [9.17, 15) is 24.0 Å². The smallest absolute Gasteiger partial charge is 0.407 e. The van der Waals surface area contributed by atoms with Crippen LogP contribution in [0.25, 0.3) is 0 Å². The summed E-state index contributed by atoms with van der Waals surface area (Å²) in [5, 5.41) is 2.82. The Bertz CT molecular complexity index is 804. The first-order valence-corrected chi connectivity index (χ1v) is 16.1. The minimum atomic E-state index is -0.579. The van der Waals surface area contributed by atoms with Crippen LogP contribution in [0.2, 0.25) is 0 Å². The number of nitrogens with one attached hydrogen (secondary N) is 1. The van der Waals surface area contributed by atoms with Crippen LogP contribution in [0.4, 0.5) is 4.79 Å². The summed E-state index contributed by atoms with van der Waals surface area (Å²) in [6.07, 6.45) is 6.15. The molecule has 1 atom stereocenters. The molecule has 0 aromatic rings. The summed E-state index contributed by atoms with van der Waals surface area (Å²) in [7, 11) is 2.98. The van der Waals surface area contributed by atoms with Gasteiger partial charge in [0.25, 0.3) is 0 Å². The molecule has 0 aromatic heterocycles. The maximum absolute atomic E-state index is 12.4. The average molecular weight is 575 g/mol. The number of nitrogens with zero attached hydrogens (tertiary/aromatic N) is 1. The Morgan fingerprint density at radius 3 is 2.24 bits per heavy atom. The van der Waals surface area contributed by atoms with Crippen LogP contribution in [-0.4, -0.2) is 85.1 Å². The number of amides is 2. The van der Waals surface area contributed by atoms with Crippen molar-refractivity contribution in [2.75, 3.05) is 44.4 Å². The quantitative estimate of drug-likeness (QED) is 0.0898. The van der Waals surface area contributed by atoms with Gasteiger partial charge in [0.05, 0.1) is 19.1 Å². The van der Waals surface area contributed by atoms with Gasteiger partial charge in [0.2, 0.25) is 5.91 Å². The first kappa shape index (κ1) is 32.3. The van der Waals surface area contributed by atoms with Crippen LogP contribution >= 0.6 is 21.6 Å². The third kappa shape index (κ3) is 11.4. The predicted molar refractivity (Wildman–Crippen MR) is 147 cm³/mol. The first-order valence-electron chi connectivity index (χ1n) is 13.6. The topological polar surface area (TPSA) is 128 Å². The Morgan fingerprint density at radius 2 is 1.63 bits per heavy atom. The molecule has 2 amide bonds. The highest BCUT2D eigenvalue weighted by Crippen LogP contribution is 2.39. The summed E-state index contributed by atoms with van der Waals surface area (Å²) in [6, 6.07) is -0.551. The number of Topliss-reactive ketones (excluding diaryl/α,β-unsaturated/α-hetero) is 1. The van der Waals surface area contributed by atoms with Crippen LogP contribution in [0.3, 0.4) is 0 Å². The van der Waals surface area contributed by atoms with E-state index in [1.54, 1.807) is 11.8 Å². The van der Waals surface area contributed by atoms with Gasteiger partial charge >= 0.3 is 18.0 Å². The lowest BCUT2D eigenvalue weighted by Crippen LogP contribution is -2.42. The molecule has 0 aromatic carbocycles. The molecule has 1 saturated heterocycles. The number of hydrogen-bond donors (Lipinski definition) is 1. The number of ketones is 1. The SMILES string of the molecule is CCOC(=O)CC1(CNC(=O)OCCSSCCOC(=O)CC(=O)[C@H](CC)N2CCCC2=O)CCCCC1. The normalized spacial score (nSPS) is 17.5. The van der Waals surface area contributed by atoms with E-state index < -0.39 is 18.1 Å². The number of carbonyl (C=O) groups is 5. The van der Waals surface area contributed by atoms with Crippen molar-refractivity contribution in [2.24, 2.45) is 5.41 Å². The maximum atomic E-state index is 12.4. The lowest BCUT2D eigenvalue weighted by Gasteiger charge is -2.36. The molecule has 1 aliphatic heterocycles. The lowest BCUT2D eigenvalue weighted by atomic mass is 9.72. The highest BCUT2D eigenvalue weighted by Gasteiger charge is 2.35. The highest BCUT2D eigenvalue weighted by molar-refractivity contribution is 8.76. The fourth-order valence-electron chi connectivity index (χ4n) is 4.95. The first-order chi connectivity index (χ1) is 18.3. The van der Waals surface area contributed by atoms with Crippen molar-refractivity contribution in [1.82, 2.24) is 10.2 Å². The third-order valence-corrected chi connectivity index (χ3v) is 9.16. The van der Waals surface area contributed by atoms with Gasteiger partial charge < -0.3 is 24.4 Å². The van der Waals surface area contributed by atoms with Crippen molar-refractivity contribution < 1.29 is 38.2 Å². The lowest BCUT2D eigenvalue weighted by molar-refractivity contribution is -0.148. The Balaban J connectivity index is 1.53. The molecule has 0 radical (unpaired) electrons. The maximum Gasteiger partial charge on any atom is 0.407 e. The molecular weight excluding hydrogens is 532 g/mol. The van der Waals surface area contributed by atoms with E-state index in [-0.39, 0.29) is 42.7 Å². The minimum absolute atomic E-state index is 0.0319. The second-order valence-corrected chi connectivity index (χ2v) is 12.4. The molecule has 10 nitrogen and oxygen atoms in total. The van der Waals surface area contributed by atoms with Gasteiger partial charge in [0.15, 0.2) is 5.78 Å². The molecule has 1 N–H and O–H groups in total. The summed E-state index contributed by atoms with van der Waals surface area (Å²) < 4.78 is 15.5. The standard InChI is InChI=1S/C26H42N2O8S2/c1-3-20(28-12-8-9-22(28)30)21(29)17-23(31)35-13-15-37-38-16-14-36-25(33)27-19-26(10-6-5-7-11-26)18-24(32)34-4-2/h20H,3-19H2,1-2H3,(H,27,33)/t20-/m0/s1.